The summed E-state index contributed by atoms with van der Waals surface area (Å²) < 4.78 is 7.11. The number of carbonyl (C=O) groups excluding carboxylic acids is 1. The molecule has 0 bridgehead atoms. The Hall–Kier alpha value is -2.51. The lowest BCUT2D eigenvalue weighted by Crippen LogP contribution is -2.24. The topological polar surface area (TPSA) is 73.0 Å². The van der Waals surface area contributed by atoms with Crippen molar-refractivity contribution in [3.63, 3.8) is 0 Å². The first-order valence-corrected chi connectivity index (χ1v) is 9.25. The van der Waals surface area contributed by atoms with Crippen LogP contribution in [0.3, 0.4) is 0 Å². The zero-order valence-electron chi connectivity index (χ0n) is 13.9. The molecule has 2 heterocycles. The van der Waals surface area contributed by atoms with Crippen LogP contribution in [0.2, 0.25) is 5.02 Å². The maximum atomic E-state index is 12.0. The predicted molar refractivity (Wildman–Crippen MR) is 102 cm³/mol. The minimum atomic E-state index is -0.104. The van der Waals surface area contributed by atoms with Gasteiger partial charge in [-0.05, 0) is 36.4 Å². The quantitative estimate of drug-likeness (QED) is 0.469. The van der Waals surface area contributed by atoms with E-state index < -0.39 is 0 Å². The van der Waals surface area contributed by atoms with Crippen LogP contribution in [-0.2, 0) is 17.9 Å². The van der Waals surface area contributed by atoms with E-state index in [1.165, 1.54) is 11.8 Å². The fraction of sp³-hybridized carbons (Fsp3) is 0.167. The smallest absolute Gasteiger partial charge is 0.230 e. The highest BCUT2D eigenvalue weighted by Gasteiger charge is 2.15. The summed E-state index contributed by atoms with van der Waals surface area (Å²) in [5.74, 6) is 1.55. The van der Waals surface area contributed by atoms with Crippen molar-refractivity contribution in [2.24, 2.45) is 0 Å². The molecule has 0 aliphatic rings. The van der Waals surface area contributed by atoms with Crippen LogP contribution in [0.1, 0.15) is 5.76 Å². The summed E-state index contributed by atoms with van der Waals surface area (Å²) in [5.41, 5.74) is 0.901. The van der Waals surface area contributed by atoms with E-state index in [-0.39, 0.29) is 11.7 Å². The molecule has 134 valence electrons. The number of amides is 1. The molecule has 1 amide bonds. The molecular formula is C18H17ClN4O2S. The minimum Gasteiger partial charge on any atom is -0.467 e. The Morgan fingerprint density at radius 2 is 2.12 bits per heavy atom. The number of hydrogen-bond acceptors (Lipinski definition) is 5. The number of halogens is 1. The minimum absolute atomic E-state index is 0.104. The molecule has 0 aliphatic heterocycles. The van der Waals surface area contributed by atoms with Gasteiger partial charge >= 0.3 is 0 Å². The normalized spacial score (nSPS) is 10.7. The second kappa shape index (κ2) is 8.73. The van der Waals surface area contributed by atoms with Crippen LogP contribution in [0.5, 0.6) is 0 Å². The van der Waals surface area contributed by atoms with Gasteiger partial charge in [-0.2, -0.15) is 0 Å². The molecule has 0 saturated heterocycles. The summed E-state index contributed by atoms with van der Waals surface area (Å²) in [7, 11) is 0. The molecule has 0 aliphatic carbocycles. The largest absolute Gasteiger partial charge is 0.467 e. The number of furan rings is 1. The van der Waals surface area contributed by atoms with Gasteiger partial charge in [0.15, 0.2) is 11.0 Å². The number of benzene rings is 1. The Balaban J connectivity index is 1.66. The van der Waals surface area contributed by atoms with Crippen molar-refractivity contribution in [2.45, 2.75) is 18.2 Å². The number of aromatic nitrogens is 3. The summed E-state index contributed by atoms with van der Waals surface area (Å²) in [6.45, 7) is 4.69. The number of thioether (sulfide) groups is 1. The molecule has 3 rings (SSSR count). The molecule has 0 atom stereocenters. The molecule has 0 spiro atoms. The third kappa shape index (κ3) is 4.56. The highest BCUT2D eigenvalue weighted by atomic mass is 35.5. The molecular weight excluding hydrogens is 372 g/mol. The monoisotopic (exact) mass is 388 g/mol. The summed E-state index contributed by atoms with van der Waals surface area (Å²) in [4.78, 5) is 12.0. The lowest BCUT2D eigenvalue weighted by atomic mass is 10.2. The molecule has 3 aromatic rings. The van der Waals surface area contributed by atoms with Crippen molar-refractivity contribution in [3.05, 3.63) is 66.1 Å². The van der Waals surface area contributed by atoms with Gasteiger partial charge in [-0.1, -0.05) is 29.4 Å². The zero-order valence-corrected chi connectivity index (χ0v) is 15.5. The Labute approximate surface area is 160 Å². The summed E-state index contributed by atoms with van der Waals surface area (Å²) in [6.07, 6.45) is 3.34. The van der Waals surface area contributed by atoms with Gasteiger partial charge in [0.25, 0.3) is 0 Å². The van der Waals surface area contributed by atoms with Gasteiger partial charge in [0.05, 0.1) is 18.6 Å². The number of allylic oxidation sites excluding steroid dienone is 1. The highest BCUT2D eigenvalue weighted by Crippen LogP contribution is 2.25. The van der Waals surface area contributed by atoms with E-state index in [1.807, 2.05) is 22.8 Å². The van der Waals surface area contributed by atoms with E-state index in [9.17, 15) is 4.79 Å². The van der Waals surface area contributed by atoms with Crippen molar-refractivity contribution < 1.29 is 9.21 Å². The first-order valence-electron chi connectivity index (χ1n) is 7.89. The van der Waals surface area contributed by atoms with Gasteiger partial charge in [0.1, 0.15) is 5.76 Å². The maximum Gasteiger partial charge on any atom is 0.230 e. The van der Waals surface area contributed by atoms with Crippen LogP contribution in [0.15, 0.2) is 64.9 Å². The molecule has 0 unspecified atom stereocenters. The lowest BCUT2D eigenvalue weighted by molar-refractivity contribution is -0.118. The van der Waals surface area contributed by atoms with Crippen LogP contribution in [-0.4, -0.2) is 26.4 Å². The number of rotatable bonds is 8. The molecule has 1 aromatic carbocycles. The van der Waals surface area contributed by atoms with Crippen molar-refractivity contribution in [2.75, 3.05) is 5.75 Å². The fourth-order valence-electron chi connectivity index (χ4n) is 2.28. The molecule has 6 nitrogen and oxygen atoms in total. The first-order chi connectivity index (χ1) is 12.7. The average Bonchev–Trinajstić information content (AvgIpc) is 3.29. The third-order valence-corrected chi connectivity index (χ3v) is 4.72. The fourth-order valence-corrected chi connectivity index (χ4v) is 3.19. The van der Waals surface area contributed by atoms with Crippen molar-refractivity contribution in [3.8, 4) is 11.4 Å². The summed E-state index contributed by atoms with van der Waals surface area (Å²) >= 11 is 7.27. The van der Waals surface area contributed by atoms with E-state index in [0.717, 1.165) is 5.56 Å². The molecule has 1 N–H and O–H groups in total. The predicted octanol–water partition coefficient (Wildman–Crippen LogP) is 3.79. The van der Waals surface area contributed by atoms with Crippen LogP contribution in [0.25, 0.3) is 11.4 Å². The van der Waals surface area contributed by atoms with Crippen molar-refractivity contribution >= 4 is 29.3 Å². The van der Waals surface area contributed by atoms with Crippen molar-refractivity contribution in [1.82, 2.24) is 20.1 Å². The maximum absolute atomic E-state index is 12.0. The van der Waals surface area contributed by atoms with E-state index in [4.69, 9.17) is 16.0 Å². The second-order valence-corrected chi connectivity index (χ2v) is 6.74. The highest BCUT2D eigenvalue weighted by molar-refractivity contribution is 7.99. The Morgan fingerprint density at radius 1 is 1.31 bits per heavy atom. The average molecular weight is 389 g/mol. The van der Waals surface area contributed by atoms with Gasteiger partial charge in [-0.25, -0.2) is 0 Å². The lowest BCUT2D eigenvalue weighted by Gasteiger charge is -2.08. The van der Waals surface area contributed by atoms with Gasteiger partial charge in [-0.3, -0.25) is 9.36 Å². The molecule has 0 fully saturated rings. The molecule has 8 heteroatoms. The summed E-state index contributed by atoms with van der Waals surface area (Å²) in [5, 5.41) is 12.6. The number of nitrogens with zero attached hydrogens (tertiary/aromatic N) is 3. The third-order valence-electron chi connectivity index (χ3n) is 3.50. The SMILES string of the molecule is C=CCn1c(SCC(=O)NCc2ccco2)nnc1-c1ccc(Cl)cc1. The van der Waals surface area contributed by atoms with Crippen LogP contribution >= 0.6 is 23.4 Å². The van der Waals surface area contributed by atoms with Gasteiger partial charge in [0, 0.05) is 17.1 Å². The van der Waals surface area contributed by atoms with E-state index >= 15 is 0 Å². The molecule has 2 aromatic heterocycles. The van der Waals surface area contributed by atoms with Gasteiger partial charge in [-0.15, -0.1) is 16.8 Å². The van der Waals surface area contributed by atoms with Crippen LogP contribution in [0, 0.1) is 0 Å². The van der Waals surface area contributed by atoms with E-state index in [2.05, 4.69) is 22.1 Å². The zero-order chi connectivity index (χ0) is 18.4. The number of hydrogen-bond donors (Lipinski definition) is 1. The standard InChI is InChI=1S/C18H17ClN4O2S/c1-2-9-23-17(13-5-7-14(19)8-6-13)21-22-18(23)26-12-16(24)20-11-15-4-3-10-25-15/h2-8,10H,1,9,11-12H2,(H,20,24). The summed E-state index contributed by atoms with van der Waals surface area (Å²) in [6, 6.07) is 11.0. The van der Waals surface area contributed by atoms with Gasteiger partial charge < -0.3 is 9.73 Å². The Morgan fingerprint density at radius 3 is 2.81 bits per heavy atom. The van der Waals surface area contributed by atoms with E-state index in [0.29, 0.717) is 34.9 Å². The first kappa shape index (κ1) is 18.3. The van der Waals surface area contributed by atoms with E-state index in [1.54, 1.807) is 30.5 Å². The molecule has 26 heavy (non-hydrogen) atoms. The Kier molecular flexibility index (Phi) is 6.14. The Bertz CT molecular complexity index is 875. The van der Waals surface area contributed by atoms with Crippen LogP contribution in [0.4, 0.5) is 0 Å². The number of carbonyl (C=O) groups is 1. The number of nitrogens with one attached hydrogen (secondary N) is 1. The molecule has 0 radical (unpaired) electrons. The van der Waals surface area contributed by atoms with Crippen molar-refractivity contribution in [1.29, 1.82) is 0 Å². The van der Waals surface area contributed by atoms with Crippen LogP contribution < -0.4 is 5.32 Å². The van der Waals surface area contributed by atoms with Gasteiger partial charge in [0.2, 0.25) is 5.91 Å². The molecule has 0 saturated carbocycles. The second-order valence-electron chi connectivity index (χ2n) is 5.36.